The number of hydrogen-bond donors (Lipinski definition) is 1. The van der Waals surface area contributed by atoms with Gasteiger partial charge in [0.25, 0.3) is 5.91 Å². The SMILES string of the molecule is NC1CCCC2CN(C(=O)c3ccc(Cl)cc3F)CC12. The molecule has 1 aliphatic heterocycles. The van der Waals surface area contributed by atoms with E-state index in [1.165, 1.54) is 12.1 Å². The number of hydrogen-bond acceptors (Lipinski definition) is 2. The van der Waals surface area contributed by atoms with Gasteiger partial charge in [-0.15, -0.1) is 0 Å². The van der Waals surface area contributed by atoms with E-state index in [1.807, 2.05) is 0 Å². The number of benzene rings is 1. The van der Waals surface area contributed by atoms with Crippen molar-refractivity contribution in [1.82, 2.24) is 4.90 Å². The van der Waals surface area contributed by atoms with Crippen LogP contribution in [0.2, 0.25) is 5.02 Å². The average molecular weight is 297 g/mol. The largest absolute Gasteiger partial charge is 0.338 e. The van der Waals surface area contributed by atoms with Gasteiger partial charge in [-0.25, -0.2) is 4.39 Å². The molecule has 1 heterocycles. The fourth-order valence-corrected chi connectivity index (χ4v) is 3.67. The third-order valence-corrected chi connectivity index (χ3v) is 4.84. The summed E-state index contributed by atoms with van der Waals surface area (Å²) in [7, 11) is 0. The summed E-state index contributed by atoms with van der Waals surface area (Å²) in [6.07, 6.45) is 3.27. The second-order valence-corrected chi connectivity index (χ2v) is 6.29. The van der Waals surface area contributed by atoms with Crippen molar-refractivity contribution in [2.75, 3.05) is 13.1 Å². The summed E-state index contributed by atoms with van der Waals surface area (Å²) in [5, 5.41) is 0.302. The number of carbonyl (C=O) groups excluding carboxylic acids is 1. The summed E-state index contributed by atoms with van der Waals surface area (Å²) in [5.41, 5.74) is 6.24. The Bertz CT molecular complexity index is 537. The molecule has 0 spiro atoms. The molecule has 1 aliphatic carbocycles. The Labute approximate surface area is 122 Å². The molecule has 3 nitrogen and oxygen atoms in total. The van der Waals surface area contributed by atoms with Gasteiger partial charge >= 0.3 is 0 Å². The molecular weight excluding hydrogens is 279 g/mol. The number of fused-ring (bicyclic) bond motifs is 1. The van der Waals surface area contributed by atoms with Crippen LogP contribution < -0.4 is 5.73 Å². The maximum atomic E-state index is 13.8. The molecule has 1 aromatic rings. The van der Waals surface area contributed by atoms with E-state index >= 15 is 0 Å². The highest BCUT2D eigenvalue weighted by Gasteiger charge is 2.40. The first-order chi connectivity index (χ1) is 9.56. The van der Waals surface area contributed by atoms with Crippen molar-refractivity contribution in [3.05, 3.63) is 34.6 Å². The lowest BCUT2D eigenvalue weighted by atomic mass is 9.78. The lowest BCUT2D eigenvalue weighted by molar-refractivity contribution is 0.0779. The number of likely N-dealkylation sites (tertiary alicyclic amines) is 1. The molecule has 108 valence electrons. The van der Waals surface area contributed by atoms with Gasteiger partial charge in [-0.1, -0.05) is 18.0 Å². The minimum absolute atomic E-state index is 0.0987. The molecule has 0 bridgehead atoms. The van der Waals surface area contributed by atoms with Gasteiger partial charge in [0.1, 0.15) is 5.82 Å². The lowest BCUT2D eigenvalue weighted by Gasteiger charge is -2.29. The van der Waals surface area contributed by atoms with Crippen molar-refractivity contribution in [1.29, 1.82) is 0 Å². The summed E-state index contributed by atoms with van der Waals surface area (Å²) in [5.74, 6) is 0.0311. The topological polar surface area (TPSA) is 46.3 Å². The predicted octanol–water partition coefficient (Wildman–Crippen LogP) is 2.68. The highest BCUT2D eigenvalue weighted by molar-refractivity contribution is 6.30. The van der Waals surface area contributed by atoms with Gasteiger partial charge in [-0.05, 0) is 42.9 Å². The summed E-state index contributed by atoms with van der Waals surface area (Å²) in [6, 6.07) is 4.36. The van der Waals surface area contributed by atoms with Crippen LogP contribution in [0.4, 0.5) is 4.39 Å². The van der Waals surface area contributed by atoms with Gasteiger partial charge < -0.3 is 10.6 Å². The number of carbonyl (C=O) groups is 1. The fraction of sp³-hybridized carbons (Fsp3) is 0.533. The predicted molar refractivity (Wildman–Crippen MR) is 76.1 cm³/mol. The fourth-order valence-electron chi connectivity index (χ4n) is 3.52. The maximum absolute atomic E-state index is 13.8. The van der Waals surface area contributed by atoms with Gasteiger partial charge in [0.05, 0.1) is 5.56 Å². The highest BCUT2D eigenvalue weighted by atomic mass is 35.5. The molecule has 5 heteroatoms. The zero-order valence-electron chi connectivity index (χ0n) is 11.2. The van der Waals surface area contributed by atoms with Crippen LogP contribution in [-0.2, 0) is 0 Å². The molecule has 1 saturated heterocycles. The van der Waals surface area contributed by atoms with Crippen molar-refractivity contribution in [2.24, 2.45) is 17.6 Å². The van der Waals surface area contributed by atoms with Gasteiger partial charge in [0, 0.05) is 24.2 Å². The average Bonchev–Trinajstić information content (AvgIpc) is 2.83. The van der Waals surface area contributed by atoms with Crippen LogP contribution in [0.3, 0.4) is 0 Å². The van der Waals surface area contributed by atoms with Gasteiger partial charge in [0.15, 0.2) is 0 Å². The summed E-state index contributed by atoms with van der Waals surface area (Å²) in [6.45, 7) is 1.34. The minimum atomic E-state index is -0.554. The molecule has 2 aliphatic rings. The Morgan fingerprint density at radius 2 is 2.15 bits per heavy atom. The Hall–Kier alpha value is -1.13. The maximum Gasteiger partial charge on any atom is 0.256 e. The Morgan fingerprint density at radius 3 is 2.85 bits per heavy atom. The Kier molecular flexibility index (Phi) is 3.69. The van der Waals surface area contributed by atoms with Crippen molar-refractivity contribution < 1.29 is 9.18 Å². The molecule has 1 saturated carbocycles. The molecule has 1 amide bonds. The Morgan fingerprint density at radius 1 is 1.35 bits per heavy atom. The van der Waals surface area contributed by atoms with E-state index in [-0.39, 0.29) is 17.5 Å². The third kappa shape index (κ3) is 2.42. The molecule has 20 heavy (non-hydrogen) atoms. The molecule has 3 rings (SSSR count). The summed E-state index contributed by atoms with van der Waals surface area (Å²) >= 11 is 5.72. The number of nitrogens with zero attached hydrogens (tertiary/aromatic N) is 1. The smallest absolute Gasteiger partial charge is 0.256 e. The lowest BCUT2D eigenvalue weighted by Crippen LogP contribution is -2.38. The molecule has 1 aromatic carbocycles. The van der Waals surface area contributed by atoms with Crippen molar-refractivity contribution in [3.8, 4) is 0 Å². The van der Waals surface area contributed by atoms with Crippen molar-refractivity contribution in [2.45, 2.75) is 25.3 Å². The number of amides is 1. The first kappa shape index (κ1) is 13.8. The number of halogens is 2. The highest BCUT2D eigenvalue weighted by Crippen LogP contribution is 2.36. The van der Waals surface area contributed by atoms with E-state index in [0.29, 0.717) is 29.9 Å². The standard InChI is InChI=1S/C15H18ClFN2O/c16-10-4-5-11(13(17)6-10)15(20)19-7-9-2-1-3-14(18)12(9)8-19/h4-6,9,12,14H,1-3,7-8,18H2. The zero-order chi connectivity index (χ0) is 14.3. The molecule has 2 N–H and O–H groups in total. The van der Waals surface area contributed by atoms with Gasteiger partial charge in [-0.2, -0.15) is 0 Å². The van der Waals surface area contributed by atoms with Gasteiger partial charge in [0.2, 0.25) is 0 Å². The number of rotatable bonds is 1. The van der Waals surface area contributed by atoms with E-state index < -0.39 is 5.82 Å². The van der Waals surface area contributed by atoms with Crippen LogP contribution >= 0.6 is 11.6 Å². The molecule has 3 unspecified atom stereocenters. The van der Waals surface area contributed by atoms with E-state index in [1.54, 1.807) is 11.0 Å². The van der Waals surface area contributed by atoms with Crippen LogP contribution in [0, 0.1) is 17.7 Å². The second-order valence-electron chi connectivity index (χ2n) is 5.85. The minimum Gasteiger partial charge on any atom is -0.338 e. The van der Waals surface area contributed by atoms with Crippen LogP contribution in [-0.4, -0.2) is 29.9 Å². The van der Waals surface area contributed by atoms with Crippen LogP contribution in [0.1, 0.15) is 29.6 Å². The monoisotopic (exact) mass is 296 g/mol. The normalized spacial score (nSPS) is 29.4. The van der Waals surface area contributed by atoms with Crippen molar-refractivity contribution in [3.63, 3.8) is 0 Å². The van der Waals surface area contributed by atoms with E-state index in [9.17, 15) is 9.18 Å². The van der Waals surface area contributed by atoms with Crippen LogP contribution in [0.15, 0.2) is 18.2 Å². The van der Waals surface area contributed by atoms with E-state index in [4.69, 9.17) is 17.3 Å². The summed E-state index contributed by atoms with van der Waals surface area (Å²) in [4.78, 5) is 14.2. The first-order valence-electron chi connectivity index (χ1n) is 7.06. The molecule has 2 fully saturated rings. The third-order valence-electron chi connectivity index (χ3n) is 4.60. The van der Waals surface area contributed by atoms with Crippen molar-refractivity contribution >= 4 is 17.5 Å². The summed E-state index contributed by atoms with van der Waals surface area (Å²) < 4.78 is 13.8. The van der Waals surface area contributed by atoms with Gasteiger partial charge in [-0.3, -0.25) is 4.79 Å². The molecule has 0 radical (unpaired) electrons. The Balaban J connectivity index is 1.78. The molecular formula is C15H18ClFN2O. The molecule has 3 atom stereocenters. The number of nitrogens with two attached hydrogens (primary N) is 1. The first-order valence-corrected chi connectivity index (χ1v) is 7.44. The van der Waals surface area contributed by atoms with E-state index in [0.717, 1.165) is 19.3 Å². The quantitative estimate of drug-likeness (QED) is 0.866. The molecule has 0 aromatic heterocycles. The van der Waals surface area contributed by atoms with E-state index in [2.05, 4.69) is 0 Å². The van der Waals surface area contributed by atoms with Crippen LogP contribution in [0.25, 0.3) is 0 Å². The zero-order valence-corrected chi connectivity index (χ0v) is 11.9. The van der Waals surface area contributed by atoms with Crippen LogP contribution in [0.5, 0.6) is 0 Å². The second kappa shape index (κ2) is 5.34.